The van der Waals surface area contributed by atoms with Crippen LogP contribution in [0, 0.1) is 0 Å². The van der Waals surface area contributed by atoms with E-state index in [0.29, 0.717) is 12.1 Å². The molecule has 2 unspecified atom stereocenters. The molecule has 2 fully saturated rings. The number of anilines is 2. The van der Waals surface area contributed by atoms with Crippen molar-refractivity contribution in [2.75, 3.05) is 43.0 Å². The summed E-state index contributed by atoms with van der Waals surface area (Å²) >= 11 is 0. The Kier molecular flexibility index (Phi) is 5.06. The SMILES string of the molecule is CC1CCCC(C)N1c1ncc2[nH]nc(-c3ccc(N4CCN(C)CC4)cc3)c2n1. The second-order valence-electron chi connectivity index (χ2n) is 8.88. The van der Waals surface area contributed by atoms with Gasteiger partial charge in [0.1, 0.15) is 16.7 Å². The van der Waals surface area contributed by atoms with Crippen LogP contribution in [0.25, 0.3) is 22.3 Å². The molecular formula is C23H31N7. The van der Waals surface area contributed by atoms with Crippen LogP contribution >= 0.6 is 0 Å². The maximum atomic E-state index is 4.96. The quantitative estimate of drug-likeness (QED) is 0.719. The van der Waals surface area contributed by atoms with Crippen molar-refractivity contribution in [2.45, 2.75) is 45.2 Å². The fraction of sp³-hybridized carbons (Fsp3) is 0.522. The third-order valence-electron chi connectivity index (χ3n) is 6.72. The zero-order valence-corrected chi connectivity index (χ0v) is 18.2. The van der Waals surface area contributed by atoms with Crippen LogP contribution in [0.2, 0.25) is 0 Å². The predicted octanol–water partition coefficient (Wildman–Crippen LogP) is 3.54. The lowest BCUT2D eigenvalue weighted by molar-refractivity contribution is 0.313. The molecule has 30 heavy (non-hydrogen) atoms. The van der Waals surface area contributed by atoms with Gasteiger partial charge in [-0.1, -0.05) is 12.1 Å². The highest BCUT2D eigenvalue weighted by Crippen LogP contribution is 2.31. The molecule has 0 aliphatic carbocycles. The number of rotatable bonds is 3. The first-order valence-corrected chi connectivity index (χ1v) is 11.1. The van der Waals surface area contributed by atoms with E-state index in [1.165, 1.54) is 24.9 Å². The standard InChI is InChI=1S/C23H31N7/c1-16-5-4-6-17(2)30(16)23-24-15-20-22(25-23)21(27-26-20)18-7-9-19(10-8-18)29-13-11-28(3)12-14-29/h7-10,15-17H,4-6,11-14H2,1-3H3,(H,26,27). The summed E-state index contributed by atoms with van der Waals surface area (Å²) in [6.45, 7) is 8.92. The maximum absolute atomic E-state index is 4.96. The van der Waals surface area contributed by atoms with E-state index >= 15 is 0 Å². The average molecular weight is 406 g/mol. The summed E-state index contributed by atoms with van der Waals surface area (Å²) in [5, 5.41) is 7.69. The largest absolute Gasteiger partial charge is 0.369 e. The summed E-state index contributed by atoms with van der Waals surface area (Å²) in [6, 6.07) is 9.67. The lowest BCUT2D eigenvalue weighted by Crippen LogP contribution is -2.44. The molecule has 2 aliphatic rings. The number of piperidine rings is 1. The second-order valence-corrected chi connectivity index (χ2v) is 8.88. The number of nitrogens with zero attached hydrogens (tertiary/aromatic N) is 6. The normalized spacial score (nSPS) is 23.3. The van der Waals surface area contributed by atoms with Crippen LogP contribution in [0.4, 0.5) is 11.6 Å². The fourth-order valence-corrected chi connectivity index (χ4v) is 4.84. The zero-order valence-electron chi connectivity index (χ0n) is 18.2. The Labute approximate surface area is 178 Å². The van der Waals surface area contributed by atoms with Crippen LogP contribution in [0.3, 0.4) is 0 Å². The van der Waals surface area contributed by atoms with Crippen molar-refractivity contribution in [2.24, 2.45) is 0 Å². The Hall–Kier alpha value is -2.67. The number of nitrogens with one attached hydrogen (secondary N) is 1. The van der Waals surface area contributed by atoms with E-state index in [9.17, 15) is 0 Å². The Morgan fingerprint density at radius 3 is 2.37 bits per heavy atom. The molecular weight excluding hydrogens is 374 g/mol. The number of hydrogen-bond acceptors (Lipinski definition) is 6. The molecule has 1 aromatic carbocycles. The van der Waals surface area contributed by atoms with Crippen molar-refractivity contribution in [3.63, 3.8) is 0 Å². The van der Waals surface area contributed by atoms with Gasteiger partial charge in [0.2, 0.25) is 5.95 Å². The number of aromatic nitrogens is 4. The van der Waals surface area contributed by atoms with E-state index in [4.69, 9.17) is 4.98 Å². The lowest BCUT2D eigenvalue weighted by Gasteiger charge is -2.39. The number of piperazine rings is 1. The summed E-state index contributed by atoms with van der Waals surface area (Å²) in [5.74, 6) is 0.818. The van der Waals surface area contributed by atoms with Gasteiger partial charge in [0.25, 0.3) is 0 Å². The smallest absolute Gasteiger partial charge is 0.226 e. The van der Waals surface area contributed by atoms with Crippen LogP contribution in [-0.4, -0.2) is 70.4 Å². The minimum absolute atomic E-state index is 0.462. The summed E-state index contributed by atoms with van der Waals surface area (Å²) in [7, 11) is 2.19. The van der Waals surface area contributed by atoms with Gasteiger partial charge >= 0.3 is 0 Å². The number of likely N-dealkylation sites (N-methyl/N-ethyl adjacent to an activating group) is 1. The van der Waals surface area contributed by atoms with Crippen LogP contribution in [0.1, 0.15) is 33.1 Å². The van der Waals surface area contributed by atoms with Crippen molar-refractivity contribution in [3.8, 4) is 11.3 Å². The van der Waals surface area contributed by atoms with Crippen molar-refractivity contribution in [1.29, 1.82) is 0 Å². The van der Waals surface area contributed by atoms with E-state index < -0.39 is 0 Å². The van der Waals surface area contributed by atoms with Gasteiger partial charge in [-0.05, 0) is 52.3 Å². The van der Waals surface area contributed by atoms with Crippen LogP contribution in [-0.2, 0) is 0 Å². The molecule has 3 aromatic rings. The van der Waals surface area contributed by atoms with Gasteiger partial charge in [-0.2, -0.15) is 5.10 Å². The minimum atomic E-state index is 0.462. The van der Waals surface area contributed by atoms with Crippen LogP contribution in [0.5, 0.6) is 0 Å². The Morgan fingerprint density at radius 1 is 0.967 bits per heavy atom. The number of benzene rings is 1. The molecule has 2 saturated heterocycles. The highest BCUT2D eigenvalue weighted by Gasteiger charge is 2.27. The van der Waals surface area contributed by atoms with Crippen molar-refractivity contribution in [3.05, 3.63) is 30.5 Å². The van der Waals surface area contributed by atoms with Gasteiger partial charge in [-0.3, -0.25) is 5.10 Å². The third-order valence-corrected chi connectivity index (χ3v) is 6.72. The molecule has 4 heterocycles. The highest BCUT2D eigenvalue weighted by atomic mass is 15.3. The first kappa shape index (κ1) is 19.3. The summed E-state index contributed by atoms with van der Waals surface area (Å²) < 4.78 is 0. The molecule has 2 aromatic heterocycles. The molecule has 0 amide bonds. The topological polar surface area (TPSA) is 64.2 Å². The first-order chi connectivity index (χ1) is 14.6. The fourth-order valence-electron chi connectivity index (χ4n) is 4.84. The molecule has 2 atom stereocenters. The molecule has 1 N–H and O–H groups in total. The average Bonchev–Trinajstić information content (AvgIpc) is 3.18. The Balaban J connectivity index is 1.44. The van der Waals surface area contributed by atoms with Gasteiger partial charge in [0.05, 0.1) is 6.20 Å². The first-order valence-electron chi connectivity index (χ1n) is 11.1. The van der Waals surface area contributed by atoms with Gasteiger partial charge in [0, 0.05) is 49.5 Å². The lowest BCUT2D eigenvalue weighted by atomic mass is 9.98. The highest BCUT2D eigenvalue weighted by molar-refractivity contribution is 5.90. The monoisotopic (exact) mass is 405 g/mol. The second kappa shape index (κ2) is 7.87. The van der Waals surface area contributed by atoms with Crippen molar-refractivity contribution in [1.82, 2.24) is 25.1 Å². The number of fused-ring (bicyclic) bond motifs is 1. The van der Waals surface area contributed by atoms with E-state index in [1.54, 1.807) is 0 Å². The molecule has 0 bridgehead atoms. The number of hydrogen-bond donors (Lipinski definition) is 1. The molecule has 0 radical (unpaired) electrons. The molecule has 2 aliphatic heterocycles. The number of aromatic amines is 1. The maximum Gasteiger partial charge on any atom is 0.226 e. The van der Waals surface area contributed by atoms with Crippen molar-refractivity contribution >= 4 is 22.7 Å². The van der Waals surface area contributed by atoms with Crippen LogP contribution in [0.15, 0.2) is 30.5 Å². The minimum Gasteiger partial charge on any atom is -0.369 e. The molecule has 0 spiro atoms. The van der Waals surface area contributed by atoms with Gasteiger partial charge in [-0.15, -0.1) is 0 Å². The summed E-state index contributed by atoms with van der Waals surface area (Å²) in [4.78, 5) is 16.8. The zero-order chi connectivity index (χ0) is 20.7. The van der Waals surface area contributed by atoms with Crippen molar-refractivity contribution < 1.29 is 0 Å². The molecule has 7 nitrogen and oxygen atoms in total. The van der Waals surface area contributed by atoms with Gasteiger partial charge < -0.3 is 14.7 Å². The number of H-pyrrole nitrogens is 1. The Morgan fingerprint density at radius 2 is 1.67 bits per heavy atom. The molecule has 5 rings (SSSR count). The van der Waals surface area contributed by atoms with Gasteiger partial charge in [0.15, 0.2) is 0 Å². The molecule has 0 saturated carbocycles. The summed E-state index contributed by atoms with van der Waals surface area (Å²) in [5.41, 5.74) is 5.05. The summed E-state index contributed by atoms with van der Waals surface area (Å²) in [6.07, 6.45) is 5.54. The van der Waals surface area contributed by atoms with Gasteiger partial charge in [-0.25, -0.2) is 9.97 Å². The van der Waals surface area contributed by atoms with Crippen LogP contribution < -0.4 is 9.80 Å². The van der Waals surface area contributed by atoms with E-state index in [0.717, 1.165) is 54.4 Å². The van der Waals surface area contributed by atoms with E-state index in [2.05, 4.69) is 75.0 Å². The molecule has 158 valence electrons. The predicted molar refractivity (Wildman–Crippen MR) is 122 cm³/mol. The molecule has 7 heteroatoms. The van der Waals surface area contributed by atoms with E-state index in [1.807, 2.05) is 6.20 Å². The van der Waals surface area contributed by atoms with E-state index in [-0.39, 0.29) is 0 Å². The Bertz CT molecular complexity index is 994. The third kappa shape index (κ3) is 3.51.